The van der Waals surface area contributed by atoms with Gasteiger partial charge in [-0.2, -0.15) is 0 Å². The zero-order valence-corrected chi connectivity index (χ0v) is 22.3. The van der Waals surface area contributed by atoms with Crippen LogP contribution in [-0.2, 0) is 29.6 Å². The van der Waals surface area contributed by atoms with Gasteiger partial charge in [-0.25, -0.2) is 0 Å². The summed E-state index contributed by atoms with van der Waals surface area (Å²) >= 11 is 0. The van der Waals surface area contributed by atoms with Crippen LogP contribution in [0.3, 0.4) is 0 Å². The Labute approximate surface area is 223 Å². The summed E-state index contributed by atoms with van der Waals surface area (Å²) in [5.41, 5.74) is 6.91. The van der Waals surface area contributed by atoms with Crippen molar-refractivity contribution in [3.63, 3.8) is 0 Å². The molecule has 0 amide bonds. The van der Waals surface area contributed by atoms with Crippen molar-refractivity contribution in [2.75, 3.05) is 62.4 Å². The fraction of sp³-hybridized carbons (Fsp3) is 0.276. The number of imidazole rings is 1. The second kappa shape index (κ2) is 9.83. The molecule has 0 bridgehead atoms. The summed E-state index contributed by atoms with van der Waals surface area (Å²) in [6, 6.07) is 25.0. The zero-order chi connectivity index (χ0) is 23.2. The van der Waals surface area contributed by atoms with Gasteiger partial charge in [0.25, 0.3) is 0 Å². The van der Waals surface area contributed by atoms with Gasteiger partial charge in [-0.05, 0) is 23.6 Å². The summed E-state index contributed by atoms with van der Waals surface area (Å²) in [7, 11) is 0. The van der Waals surface area contributed by atoms with Gasteiger partial charge in [0.1, 0.15) is 0 Å². The number of anilines is 2. The SMILES string of the molecule is [Ir].[c-]1cccc2c1c1ncc(-c3c(N4CCOCC4)cccc3N3CCOCC3)n1c1ccccc21. The molecule has 0 saturated carbocycles. The maximum atomic E-state index is 5.68. The van der Waals surface area contributed by atoms with Crippen molar-refractivity contribution < 1.29 is 29.6 Å². The number of aromatic nitrogens is 2. The van der Waals surface area contributed by atoms with E-state index in [-0.39, 0.29) is 20.1 Å². The van der Waals surface area contributed by atoms with E-state index >= 15 is 0 Å². The van der Waals surface area contributed by atoms with Crippen molar-refractivity contribution in [1.82, 2.24) is 9.38 Å². The summed E-state index contributed by atoms with van der Waals surface area (Å²) in [5.74, 6) is 0. The van der Waals surface area contributed by atoms with E-state index in [2.05, 4.69) is 74.9 Å². The van der Waals surface area contributed by atoms with E-state index in [4.69, 9.17) is 14.5 Å². The minimum atomic E-state index is 0. The minimum Gasteiger partial charge on any atom is -0.378 e. The number of pyridine rings is 1. The van der Waals surface area contributed by atoms with E-state index in [1.807, 2.05) is 12.3 Å². The Hall–Kier alpha value is -2.96. The predicted molar refractivity (Wildman–Crippen MR) is 141 cm³/mol. The number of hydrogen-bond acceptors (Lipinski definition) is 5. The van der Waals surface area contributed by atoms with Gasteiger partial charge >= 0.3 is 0 Å². The monoisotopic (exact) mass is 656 g/mol. The molecule has 0 aliphatic carbocycles. The number of fused-ring (bicyclic) bond motifs is 6. The summed E-state index contributed by atoms with van der Waals surface area (Å²) < 4.78 is 13.7. The van der Waals surface area contributed by atoms with Gasteiger partial charge in [-0.15, -0.1) is 29.7 Å². The molecule has 0 N–H and O–H groups in total. The van der Waals surface area contributed by atoms with Crippen LogP contribution in [-0.4, -0.2) is 62.0 Å². The second-order valence-corrected chi connectivity index (χ2v) is 9.15. The largest absolute Gasteiger partial charge is 0.378 e. The molecule has 2 fully saturated rings. The molecule has 36 heavy (non-hydrogen) atoms. The molecular weight excluding hydrogens is 629 g/mol. The number of para-hydroxylation sites is 1. The van der Waals surface area contributed by atoms with Crippen LogP contribution in [0.2, 0.25) is 0 Å². The number of nitrogens with zero attached hydrogens (tertiary/aromatic N) is 4. The molecule has 0 unspecified atom stereocenters. The van der Waals surface area contributed by atoms with Crippen LogP contribution in [0.15, 0.2) is 66.9 Å². The van der Waals surface area contributed by atoms with Crippen molar-refractivity contribution in [2.24, 2.45) is 0 Å². The molecule has 2 aliphatic heterocycles. The summed E-state index contributed by atoms with van der Waals surface area (Å²) in [5, 5.41) is 3.44. The molecule has 2 aliphatic rings. The second-order valence-electron chi connectivity index (χ2n) is 9.15. The Morgan fingerprint density at radius 1 is 0.722 bits per heavy atom. The Bertz CT molecular complexity index is 1500. The number of morpholine rings is 2. The Morgan fingerprint density at radius 3 is 2.06 bits per heavy atom. The molecule has 5 aromatic rings. The minimum absolute atomic E-state index is 0. The first-order chi connectivity index (χ1) is 17.4. The summed E-state index contributed by atoms with van der Waals surface area (Å²) in [6.45, 7) is 6.52. The number of ether oxygens (including phenoxy) is 2. The van der Waals surface area contributed by atoms with Crippen LogP contribution in [0.25, 0.3) is 38.6 Å². The normalized spacial score (nSPS) is 16.6. The van der Waals surface area contributed by atoms with Crippen molar-refractivity contribution in [3.05, 3.63) is 72.9 Å². The van der Waals surface area contributed by atoms with Crippen molar-refractivity contribution >= 4 is 38.7 Å². The molecule has 185 valence electrons. The number of rotatable bonds is 3. The summed E-state index contributed by atoms with van der Waals surface area (Å²) in [6.07, 6.45) is 2.05. The van der Waals surface area contributed by atoms with Crippen LogP contribution >= 0.6 is 0 Å². The molecule has 2 aromatic heterocycles. The Morgan fingerprint density at radius 2 is 1.36 bits per heavy atom. The first-order valence-corrected chi connectivity index (χ1v) is 12.4. The molecule has 0 spiro atoms. The number of benzene rings is 3. The number of hydrogen-bond donors (Lipinski definition) is 0. The maximum absolute atomic E-state index is 5.68. The average molecular weight is 656 g/mol. The molecule has 2 saturated heterocycles. The standard InChI is InChI=1S/C29H27N4O2.Ir/c1-2-8-23-21(6-1)22-7-3-4-9-24(22)33-27(20-30-29(23)33)28-25(31-12-16-34-17-13-31)10-5-11-26(28)32-14-18-35-19-15-32;/h1-7,9-11,20H,12-19H2;/q-1;. The van der Waals surface area contributed by atoms with Gasteiger partial charge in [0, 0.05) is 74.9 Å². The van der Waals surface area contributed by atoms with Gasteiger partial charge in [-0.3, -0.25) is 4.98 Å². The van der Waals surface area contributed by atoms with Gasteiger partial charge < -0.3 is 23.7 Å². The van der Waals surface area contributed by atoms with Crippen LogP contribution in [0.5, 0.6) is 0 Å². The third-order valence-corrected chi connectivity index (χ3v) is 7.26. The molecule has 4 heterocycles. The van der Waals surface area contributed by atoms with Crippen LogP contribution in [0.4, 0.5) is 11.4 Å². The Balaban J connectivity index is 0.00000240. The van der Waals surface area contributed by atoms with E-state index in [1.54, 1.807) is 0 Å². The van der Waals surface area contributed by atoms with Crippen LogP contribution in [0.1, 0.15) is 0 Å². The molecule has 3 aromatic carbocycles. The fourth-order valence-electron chi connectivity index (χ4n) is 5.62. The van der Waals surface area contributed by atoms with Crippen molar-refractivity contribution in [2.45, 2.75) is 0 Å². The van der Waals surface area contributed by atoms with E-state index in [9.17, 15) is 0 Å². The molecule has 1 radical (unpaired) electrons. The van der Waals surface area contributed by atoms with Crippen molar-refractivity contribution in [3.8, 4) is 11.3 Å². The molecule has 6 nitrogen and oxygen atoms in total. The average Bonchev–Trinajstić information content (AvgIpc) is 3.39. The Kier molecular flexibility index (Phi) is 6.40. The van der Waals surface area contributed by atoms with Crippen LogP contribution in [0, 0.1) is 6.07 Å². The fourth-order valence-corrected chi connectivity index (χ4v) is 5.62. The first kappa shape index (κ1) is 23.4. The molecule has 7 rings (SSSR count). The van der Waals surface area contributed by atoms with Gasteiger partial charge in [-0.1, -0.05) is 29.7 Å². The summed E-state index contributed by atoms with van der Waals surface area (Å²) in [4.78, 5) is 9.90. The smallest absolute Gasteiger partial charge is 0.0676 e. The van der Waals surface area contributed by atoms with Crippen molar-refractivity contribution in [1.29, 1.82) is 0 Å². The third kappa shape index (κ3) is 3.78. The van der Waals surface area contributed by atoms with E-state index in [0.717, 1.165) is 74.9 Å². The third-order valence-electron chi connectivity index (χ3n) is 7.26. The van der Waals surface area contributed by atoms with E-state index in [0.29, 0.717) is 0 Å². The predicted octanol–water partition coefficient (Wildman–Crippen LogP) is 4.78. The maximum Gasteiger partial charge on any atom is 0.0676 e. The molecule has 7 heteroatoms. The van der Waals surface area contributed by atoms with E-state index in [1.165, 1.54) is 27.7 Å². The van der Waals surface area contributed by atoms with Crippen LogP contribution < -0.4 is 9.80 Å². The first-order valence-electron chi connectivity index (χ1n) is 12.4. The zero-order valence-electron chi connectivity index (χ0n) is 19.9. The van der Waals surface area contributed by atoms with Gasteiger partial charge in [0.05, 0.1) is 37.8 Å². The quantitative estimate of drug-likeness (QED) is 0.207. The van der Waals surface area contributed by atoms with Gasteiger partial charge in [0.2, 0.25) is 0 Å². The van der Waals surface area contributed by atoms with Gasteiger partial charge in [0.15, 0.2) is 0 Å². The topological polar surface area (TPSA) is 42.2 Å². The van der Waals surface area contributed by atoms with E-state index < -0.39 is 0 Å². The molecule has 0 atom stereocenters. The molecular formula is C29H27IrN4O2-.